The van der Waals surface area contributed by atoms with Crippen molar-refractivity contribution in [3.63, 3.8) is 0 Å². The number of nitriles is 1. The number of rotatable bonds is 4. The first-order chi connectivity index (χ1) is 11.2. The average Bonchev–Trinajstić information content (AvgIpc) is 3.48. The van der Waals surface area contributed by atoms with E-state index in [9.17, 15) is 4.39 Å². The van der Waals surface area contributed by atoms with Gasteiger partial charge >= 0.3 is 0 Å². The predicted octanol–water partition coefficient (Wildman–Crippen LogP) is 3.79. The van der Waals surface area contributed by atoms with E-state index in [0.717, 1.165) is 17.0 Å². The van der Waals surface area contributed by atoms with Crippen LogP contribution in [0.2, 0.25) is 0 Å². The molecule has 0 atom stereocenters. The molecule has 2 fully saturated rings. The molecule has 2 aromatic rings. The first kappa shape index (κ1) is 16.1. The molecule has 3 N–H and O–H groups in total. The van der Waals surface area contributed by atoms with Crippen LogP contribution in [0.1, 0.15) is 36.1 Å². The molecule has 0 amide bonds. The van der Waals surface area contributed by atoms with Crippen molar-refractivity contribution in [2.75, 3.05) is 0 Å². The van der Waals surface area contributed by atoms with Gasteiger partial charge in [0.1, 0.15) is 16.8 Å². The van der Waals surface area contributed by atoms with Crippen molar-refractivity contribution in [1.29, 1.82) is 5.26 Å². The average molecular weight is 329 g/mol. The number of thiophene rings is 1. The van der Waals surface area contributed by atoms with Gasteiger partial charge in [-0.3, -0.25) is 0 Å². The second kappa shape index (κ2) is 7.22. The fourth-order valence-corrected chi connectivity index (χ4v) is 2.88. The van der Waals surface area contributed by atoms with Crippen molar-refractivity contribution in [2.24, 2.45) is 5.73 Å². The Balaban J connectivity index is 0.000000341. The van der Waals surface area contributed by atoms with Gasteiger partial charge in [0.25, 0.3) is 0 Å². The Morgan fingerprint density at radius 3 is 2.52 bits per heavy atom. The largest absolute Gasteiger partial charge is 0.328 e. The van der Waals surface area contributed by atoms with E-state index in [4.69, 9.17) is 11.0 Å². The van der Waals surface area contributed by atoms with Crippen LogP contribution in [-0.2, 0) is 6.54 Å². The lowest BCUT2D eigenvalue weighted by Gasteiger charge is -2.06. The molecule has 2 aliphatic carbocycles. The highest BCUT2D eigenvalue weighted by molar-refractivity contribution is 7.16. The summed E-state index contributed by atoms with van der Waals surface area (Å²) in [6.45, 7) is 0.772. The van der Waals surface area contributed by atoms with Crippen molar-refractivity contribution in [2.45, 2.75) is 44.3 Å². The molecule has 23 heavy (non-hydrogen) atoms. The van der Waals surface area contributed by atoms with E-state index < -0.39 is 0 Å². The normalized spacial score (nSPS) is 16.4. The van der Waals surface area contributed by atoms with Crippen molar-refractivity contribution < 1.29 is 4.39 Å². The second-order valence-corrected chi connectivity index (χ2v) is 7.17. The zero-order valence-corrected chi connectivity index (χ0v) is 13.7. The van der Waals surface area contributed by atoms with Crippen LogP contribution in [0.15, 0.2) is 30.3 Å². The zero-order chi connectivity index (χ0) is 16.2. The number of hydrogen-bond donors (Lipinski definition) is 2. The van der Waals surface area contributed by atoms with Gasteiger partial charge in [0.2, 0.25) is 0 Å². The van der Waals surface area contributed by atoms with E-state index in [1.54, 1.807) is 12.1 Å². The van der Waals surface area contributed by atoms with E-state index in [0.29, 0.717) is 22.5 Å². The van der Waals surface area contributed by atoms with Crippen molar-refractivity contribution in [3.8, 4) is 16.5 Å². The molecule has 0 unspecified atom stereocenters. The van der Waals surface area contributed by atoms with Gasteiger partial charge in [-0.1, -0.05) is 6.07 Å². The highest BCUT2D eigenvalue weighted by Gasteiger charge is 2.20. The Morgan fingerprint density at radius 1 is 1.22 bits per heavy atom. The Morgan fingerprint density at radius 2 is 1.96 bits per heavy atom. The summed E-state index contributed by atoms with van der Waals surface area (Å²) >= 11 is 1.32. The SMILES string of the molecule is N#Cc1ccc(-c2cc(CNC3CC3)ccc2F)s1.NC1CC1. The smallest absolute Gasteiger partial charge is 0.131 e. The number of nitrogens with two attached hydrogens (primary N) is 1. The third-order valence-electron chi connectivity index (χ3n) is 3.81. The first-order valence-corrected chi connectivity index (χ1v) is 8.75. The van der Waals surface area contributed by atoms with Crippen LogP contribution >= 0.6 is 11.3 Å². The van der Waals surface area contributed by atoms with E-state index in [-0.39, 0.29) is 5.82 Å². The van der Waals surface area contributed by atoms with Crippen LogP contribution in [0.5, 0.6) is 0 Å². The minimum Gasteiger partial charge on any atom is -0.328 e. The van der Waals surface area contributed by atoms with Crippen molar-refractivity contribution in [1.82, 2.24) is 5.32 Å². The second-order valence-electron chi connectivity index (χ2n) is 6.08. The lowest BCUT2D eigenvalue weighted by atomic mass is 10.1. The van der Waals surface area contributed by atoms with Crippen LogP contribution in [0.25, 0.3) is 10.4 Å². The molecular weight excluding hydrogens is 309 g/mol. The third-order valence-corrected chi connectivity index (χ3v) is 4.83. The monoisotopic (exact) mass is 329 g/mol. The number of hydrogen-bond acceptors (Lipinski definition) is 4. The van der Waals surface area contributed by atoms with E-state index in [2.05, 4.69) is 11.4 Å². The lowest BCUT2D eigenvalue weighted by Crippen LogP contribution is -2.15. The summed E-state index contributed by atoms with van der Waals surface area (Å²) in [5.74, 6) is -0.235. The molecule has 1 aromatic heterocycles. The molecule has 0 radical (unpaired) electrons. The summed E-state index contributed by atoms with van der Waals surface area (Å²) < 4.78 is 13.9. The minimum absolute atomic E-state index is 0.235. The summed E-state index contributed by atoms with van der Waals surface area (Å²) in [6, 6.07) is 12.0. The van der Waals surface area contributed by atoms with Gasteiger partial charge in [-0.15, -0.1) is 11.3 Å². The topological polar surface area (TPSA) is 61.8 Å². The number of nitrogens with one attached hydrogen (secondary N) is 1. The molecule has 120 valence electrons. The fraction of sp³-hybridized carbons (Fsp3) is 0.389. The first-order valence-electron chi connectivity index (χ1n) is 7.93. The molecule has 1 aromatic carbocycles. The molecule has 0 aliphatic heterocycles. The van der Waals surface area contributed by atoms with Gasteiger partial charge < -0.3 is 11.1 Å². The maximum absolute atomic E-state index is 13.9. The number of nitrogens with zero attached hydrogens (tertiary/aromatic N) is 1. The van der Waals surface area contributed by atoms with Gasteiger partial charge in [0.05, 0.1) is 0 Å². The molecule has 2 aliphatic rings. The summed E-state index contributed by atoms with van der Waals surface area (Å²) in [4.78, 5) is 1.42. The molecule has 0 saturated heterocycles. The summed E-state index contributed by atoms with van der Waals surface area (Å²) in [6.07, 6.45) is 5.01. The van der Waals surface area contributed by atoms with Crippen molar-refractivity contribution in [3.05, 3.63) is 46.6 Å². The van der Waals surface area contributed by atoms with Gasteiger partial charge in [0.15, 0.2) is 0 Å². The molecule has 0 bridgehead atoms. The molecular formula is C18H20FN3S. The number of halogens is 1. The molecule has 5 heteroatoms. The fourth-order valence-electron chi connectivity index (χ4n) is 2.06. The third kappa shape index (κ3) is 4.87. The van der Waals surface area contributed by atoms with E-state index in [1.165, 1.54) is 43.1 Å². The standard InChI is InChI=1S/C15H13FN2S.C3H7N/c16-14-5-1-10(9-18-11-2-3-11)7-13(14)15-6-4-12(8-17)19-15;4-3-1-2-3/h1,4-7,11,18H,2-3,9H2;3H,1-2,4H2. The van der Waals surface area contributed by atoms with Crippen molar-refractivity contribution >= 4 is 11.3 Å². The quantitative estimate of drug-likeness (QED) is 0.897. The molecule has 2 saturated carbocycles. The van der Waals surface area contributed by atoms with E-state index >= 15 is 0 Å². The Kier molecular flexibility index (Phi) is 5.06. The highest BCUT2D eigenvalue weighted by atomic mass is 32.1. The summed E-state index contributed by atoms with van der Waals surface area (Å²) in [5, 5.41) is 12.2. The summed E-state index contributed by atoms with van der Waals surface area (Å²) in [5.41, 5.74) is 6.89. The minimum atomic E-state index is -0.235. The summed E-state index contributed by atoms with van der Waals surface area (Å²) in [7, 11) is 0. The maximum Gasteiger partial charge on any atom is 0.131 e. The highest BCUT2D eigenvalue weighted by Crippen LogP contribution is 2.30. The molecule has 0 spiro atoms. The zero-order valence-electron chi connectivity index (χ0n) is 12.9. The molecule has 4 rings (SSSR count). The van der Waals surface area contributed by atoms with Gasteiger partial charge in [-0.05, 0) is 55.5 Å². The lowest BCUT2D eigenvalue weighted by molar-refractivity contribution is 0.628. The Labute approximate surface area is 139 Å². The Bertz CT molecular complexity index is 711. The van der Waals surface area contributed by atoms with Gasteiger partial charge in [-0.2, -0.15) is 5.26 Å². The predicted molar refractivity (Wildman–Crippen MR) is 91.5 cm³/mol. The van der Waals surface area contributed by atoms with Crippen LogP contribution in [-0.4, -0.2) is 12.1 Å². The molecule has 3 nitrogen and oxygen atoms in total. The van der Waals surface area contributed by atoms with Crippen LogP contribution in [0, 0.1) is 17.1 Å². The van der Waals surface area contributed by atoms with Crippen LogP contribution < -0.4 is 11.1 Å². The Hall–Kier alpha value is -1.74. The number of benzene rings is 1. The van der Waals surface area contributed by atoms with Crippen LogP contribution in [0.3, 0.4) is 0 Å². The van der Waals surface area contributed by atoms with E-state index in [1.807, 2.05) is 12.1 Å². The maximum atomic E-state index is 13.9. The van der Waals surface area contributed by atoms with Gasteiger partial charge in [-0.25, -0.2) is 4.39 Å². The molecule has 1 heterocycles. The van der Waals surface area contributed by atoms with Gasteiger partial charge in [0, 0.05) is 29.1 Å². The van der Waals surface area contributed by atoms with Crippen LogP contribution in [0.4, 0.5) is 4.39 Å².